The van der Waals surface area contributed by atoms with Crippen molar-refractivity contribution in [3.63, 3.8) is 0 Å². The van der Waals surface area contributed by atoms with E-state index in [1.807, 2.05) is 0 Å². The fourth-order valence-electron chi connectivity index (χ4n) is 3.22. The first-order valence-corrected chi connectivity index (χ1v) is 10.9. The molecule has 2 heterocycles. The first kappa shape index (κ1) is 24.0. The zero-order chi connectivity index (χ0) is 23.3. The zero-order valence-corrected chi connectivity index (χ0v) is 18.8. The molecule has 1 fully saturated rings. The number of benzene rings is 1. The van der Waals surface area contributed by atoms with Crippen LogP contribution >= 0.6 is 23.6 Å². The number of carbonyl (C=O) groups is 3. The Hall–Kier alpha value is -2.67. The highest BCUT2D eigenvalue weighted by Crippen LogP contribution is 2.31. The SMILES string of the molecule is CCN1C(=O)C(=C/C=C/C=C2\Oc3ccc(Cl)cc3[NH+]2CSOO[O-])C(=O)N(CC)C1=O. The van der Waals surface area contributed by atoms with Gasteiger partial charge in [-0.3, -0.25) is 24.4 Å². The molecule has 1 unspecified atom stereocenters. The van der Waals surface area contributed by atoms with Crippen molar-refractivity contribution < 1.29 is 38.6 Å². The molecule has 1 atom stereocenters. The molecule has 0 aliphatic carbocycles. The number of amides is 4. The molecule has 2 aliphatic heterocycles. The van der Waals surface area contributed by atoms with E-state index in [4.69, 9.17) is 16.3 Å². The summed E-state index contributed by atoms with van der Waals surface area (Å²) in [7, 11) is 0. The molecule has 0 spiro atoms. The number of urea groups is 1. The smallest absolute Gasteiger partial charge is 0.333 e. The topological polar surface area (TPSA) is 113 Å². The number of nitrogens with one attached hydrogen (secondary N) is 1. The van der Waals surface area contributed by atoms with Gasteiger partial charge < -0.3 is 9.99 Å². The fraction of sp³-hybridized carbons (Fsp3) is 0.250. The van der Waals surface area contributed by atoms with Gasteiger partial charge in [0.15, 0.2) is 17.3 Å². The third kappa shape index (κ3) is 4.88. The summed E-state index contributed by atoms with van der Waals surface area (Å²) in [5.41, 5.74) is 0.636. The largest absolute Gasteiger partial charge is 0.691 e. The van der Waals surface area contributed by atoms with Gasteiger partial charge in [-0.05, 0) is 32.1 Å². The average Bonchev–Trinajstić information content (AvgIpc) is 3.10. The highest BCUT2D eigenvalue weighted by Gasteiger charge is 2.40. The Morgan fingerprint density at radius 2 is 1.78 bits per heavy atom. The quantitative estimate of drug-likeness (QED) is 0.147. The number of rotatable bonds is 8. The molecule has 170 valence electrons. The molecule has 1 aromatic carbocycles. The third-order valence-corrected chi connectivity index (χ3v) is 5.52. The Bertz CT molecular complexity index is 983. The molecule has 32 heavy (non-hydrogen) atoms. The van der Waals surface area contributed by atoms with E-state index in [-0.39, 0.29) is 24.5 Å². The number of carbonyl (C=O) groups excluding carboxylic acids is 3. The summed E-state index contributed by atoms with van der Waals surface area (Å²) < 4.78 is 10.2. The standard InChI is InChI=1S/C20H20ClN3O7S/c1-3-22-18(25)14(19(26)23(4-2)20(22)27)7-5-6-8-17-24(12-32-31-30-28)15-11-13(21)9-10-16(15)29-17/h5-11,28H,3-4,12H2,1-2H3/b6-5+,17-8-. The minimum Gasteiger partial charge on any atom is -0.691 e. The van der Waals surface area contributed by atoms with E-state index < -0.39 is 17.8 Å². The zero-order valence-electron chi connectivity index (χ0n) is 17.2. The molecule has 1 aromatic rings. The number of ether oxygens (including phenoxy) is 1. The van der Waals surface area contributed by atoms with Gasteiger partial charge in [0.2, 0.25) is 0 Å². The summed E-state index contributed by atoms with van der Waals surface area (Å²) in [4.78, 5) is 40.0. The summed E-state index contributed by atoms with van der Waals surface area (Å²) in [6, 6.07) is 4.51. The van der Waals surface area contributed by atoms with Gasteiger partial charge in [0, 0.05) is 30.3 Å². The van der Waals surface area contributed by atoms with Gasteiger partial charge in [0.25, 0.3) is 11.8 Å². The second-order valence-electron chi connectivity index (χ2n) is 6.50. The highest BCUT2D eigenvalue weighted by molar-refractivity contribution is 7.94. The summed E-state index contributed by atoms with van der Waals surface area (Å²) >= 11 is 6.86. The van der Waals surface area contributed by atoms with E-state index in [1.54, 1.807) is 44.2 Å². The van der Waals surface area contributed by atoms with Gasteiger partial charge in [-0.15, -0.1) is 0 Å². The Labute approximate surface area is 193 Å². The molecule has 0 saturated carbocycles. The van der Waals surface area contributed by atoms with Crippen molar-refractivity contribution >= 4 is 47.2 Å². The first-order valence-electron chi connectivity index (χ1n) is 9.61. The van der Waals surface area contributed by atoms with Crippen LogP contribution in [0, 0.1) is 0 Å². The van der Waals surface area contributed by atoms with Gasteiger partial charge in [0.05, 0.1) is 12.0 Å². The molecule has 1 N–H and O–H groups in total. The minimum atomic E-state index is -0.637. The maximum atomic E-state index is 12.5. The van der Waals surface area contributed by atoms with Gasteiger partial charge in [-0.2, -0.15) is 4.33 Å². The lowest BCUT2D eigenvalue weighted by atomic mass is 10.1. The lowest BCUT2D eigenvalue weighted by molar-refractivity contribution is -0.789. The third-order valence-electron chi connectivity index (χ3n) is 4.73. The number of likely N-dealkylation sites (N-methyl/N-ethyl adjacent to an activating group) is 2. The number of hydrogen-bond donors (Lipinski definition) is 1. The predicted octanol–water partition coefficient (Wildman–Crippen LogP) is 1.23. The van der Waals surface area contributed by atoms with Crippen LogP contribution in [0.25, 0.3) is 0 Å². The van der Waals surface area contributed by atoms with E-state index in [2.05, 4.69) is 9.37 Å². The Balaban J connectivity index is 1.82. The molecule has 0 aromatic heterocycles. The van der Waals surface area contributed by atoms with Crippen LogP contribution in [0.2, 0.25) is 5.02 Å². The van der Waals surface area contributed by atoms with E-state index in [9.17, 15) is 19.6 Å². The van der Waals surface area contributed by atoms with Gasteiger partial charge >= 0.3 is 11.9 Å². The lowest BCUT2D eigenvalue weighted by Crippen LogP contribution is -3.03. The van der Waals surface area contributed by atoms with E-state index in [1.165, 1.54) is 12.2 Å². The van der Waals surface area contributed by atoms with Crippen molar-refractivity contribution in [1.82, 2.24) is 9.80 Å². The second kappa shape index (κ2) is 10.8. The van der Waals surface area contributed by atoms with Crippen LogP contribution in [0.4, 0.5) is 10.5 Å². The number of quaternary nitrogens is 1. The first-order chi connectivity index (χ1) is 15.4. The summed E-state index contributed by atoms with van der Waals surface area (Å²) in [5, 5.41) is 14.0. The number of imide groups is 2. The van der Waals surface area contributed by atoms with Crippen LogP contribution < -0.4 is 14.9 Å². The molecule has 1 saturated heterocycles. The Morgan fingerprint density at radius 1 is 1.12 bits per heavy atom. The van der Waals surface area contributed by atoms with Gasteiger partial charge in [0.1, 0.15) is 5.57 Å². The van der Waals surface area contributed by atoms with Crippen LogP contribution in [-0.4, -0.2) is 46.6 Å². The number of barbiturate groups is 1. The summed E-state index contributed by atoms with van der Waals surface area (Å²) in [5.74, 6) is 0.0242. The number of halogens is 1. The molecule has 12 heteroatoms. The van der Waals surface area contributed by atoms with Crippen LogP contribution in [0.1, 0.15) is 13.8 Å². The average molecular weight is 482 g/mol. The normalized spacial score (nSPS) is 19.9. The van der Waals surface area contributed by atoms with Crippen LogP contribution in [0.15, 0.2) is 54.0 Å². The number of hydrogen-bond acceptors (Lipinski definition) is 8. The maximum Gasteiger partial charge on any atom is 0.333 e. The van der Waals surface area contributed by atoms with Crippen molar-refractivity contribution in [2.45, 2.75) is 13.8 Å². The molecule has 3 rings (SSSR count). The lowest BCUT2D eigenvalue weighted by Gasteiger charge is -2.32. The second-order valence-corrected chi connectivity index (χ2v) is 7.59. The van der Waals surface area contributed by atoms with Crippen molar-refractivity contribution in [3.05, 3.63) is 59.0 Å². The molecule has 0 bridgehead atoms. The monoisotopic (exact) mass is 481 g/mol. The predicted molar refractivity (Wildman–Crippen MR) is 113 cm³/mol. The van der Waals surface area contributed by atoms with Crippen molar-refractivity contribution in [1.29, 1.82) is 0 Å². The maximum absolute atomic E-state index is 12.5. The Kier molecular flexibility index (Phi) is 8.07. The molecule has 0 radical (unpaired) electrons. The number of nitrogens with zero attached hydrogens (tertiary/aromatic N) is 2. The van der Waals surface area contributed by atoms with E-state index in [0.29, 0.717) is 21.6 Å². The summed E-state index contributed by atoms with van der Waals surface area (Å²) in [6.45, 7) is 3.64. The minimum absolute atomic E-state index is 0.105. The van der Waals surface area contributed by atoms with Crippen molar-refractivity contribution in [3.8, 4) is 5.75 Å². The highest BCUT2D eigenvalue weighted by atomic mass is 35.5. The molecular weight excluding hydrogens is 462 g/mol. The van der Waals surface area contributed by atoms with Crippen LogP contribution in [0.5, 0.6) is 5.75 Å². The van der Waals surface area contributed by atoms with Gasteiger partial charge in [-0.1, -0.05) is 23.8 Å². The summed E-state index contributed by atoms with van der Waals surface area (Å²) in [6.07, 6.45) is 6.10. The van der Waals surface area contributed by atoms with Crippen molar-refractivity contribution in [2.75, 3.05) is 19.0 Å². The molecular formula is C20H20ClN3O7S. The van der Waals surface area contributed by atoms with Crippen LogP contribution in [-0.2, 0) is 19.0 Å². The number of allylic oxidation sites excluding steroid dienone is 4. The molecule has 2 aliphatic rings. The van der Waals surface area contributed by atoms with Crippen LogP contribution in [0.3, 0.4) is 0 Å². The fourth-order valence-corrected chi connectivity index (χ4v) is 3.90. The molecule has 10 nitrogen and oxygen atoms in total. The van der Waals surface area contributed by atoms with E-state index >= 15 is 0 Å². The Morgan fingerprint density at radius 3 is 2.41 bits per heavy atom. The number of fused-ring (bicyclic) bond motifs is 1. The molecule has 4 amide bonds. The van der Waals surface area contributed by atoms with Gasteiger partial charge in [-0.25, -0.2) is 9.69 Å². The van der Waals surface area contributed by atoms with Crippen molar-refractivity contribution in [2.24, 2.45) is 0 Å². The van der Waals surface area contributed by atoms with E-state index in [0.717, 1.165) is 27.5 Å².